The van der Waals surface area contributed by atoms with E-state index in [1.165, 1.54) is 0 Å². The molecule has 0 atom stereocenters. The van der Waals surface area contributed by atoms with Crippen LogP contribution < -0.4 is 88.7 Å². The van der Waals surface area contributed by atoms with Crippen LogP contribution in [-0.4, -0.2) is 0 Å². The first-order chi connectivity index (χ1) is 2.65. The quantitative estimate of drug-likeness (QED) is 0.228. The van der Waals surface area contributed by atoms with Gasteiger partial charge in [-0.2, -0.15) is 0 Å². The number of halogens is 7. The standard InChI is InChI=1S/7BrH.Ir.3Na/h7*1H;;;;/q;;;;;;;+4;3*+1/p-7. The van der Waals surface area contributed by atoms with E-state index >= 15 is 0 Å². The van der Waals surface area contributed by atoms with Crippen molar-refractivity contribution in [3.63, 3.8) is 0 Å². The zero-order valence-electron chi connectivity index (χ0n) is 5.98. The fourth-order valence-corrected chi connectivity index (χ4v) is 0. The van der Waals surface area contributed by atoms with Gasteiger partial charge in [0.05, 0.1) is 0 Å². The first-order valence-corrected chi connectivity index (χ1v) is 37.5. The zero-order chi connectivity index (χ0) is 7.38. The van der Waals surface area contributed by atoms with E-state index in [-0.39, 0.29) is 88.7 Å². The van der Waals surface area contributed by atoms with Gasteiger partial charge in [-0.3, -0.25) is 0 Å². The largest absolute Gasteiger partial charge is 1.00 e. The molecule has 0 fully saturated rings. The van der Waals surface area contributed by atoms with E-state index in [1.807, 2.05) is 0 Å². The number of rotatable bonds is 0. The van der Waals surface area contributed by atoms with Gasteiger partial charge in [-0.25, -0.2) is 0 Å². The Morgan fingerprint density at radius 2 is 0.455 bits per heavy atom. The Kier molecular flexibility index (Phi) is 13.4. The minimum absolute atomic E-state index is 0. The molecule has 0 amide bonds. The fourth-order valence-electron chi connectivity index (χ4n) is 0. The molecule has 0 unspecified atom stereocenters. The molecule has 0 aliphatic carbocycles. The molecule has 11 heavy (non-hydrogen) atoms. The summed E-state index contributed by atoms with van der Waals surface area (Å²) in [6.07, 6.45) is 0. The molecule has 0 aromatic rings. The zero-order valence-corrected chi connectivity index (χ0v) is 25.5. The van der Waals surface area contributed by atoms with Gasteiger partial charge in [0, 0.05) is 0 Å². The maximum absolute atomic E-state index is 4.03. The van der Waals surface area contributed by atoms with Crippen LogP contribution in [0.1, 0.15) is 0 Å². The molecular formula is Br7IrNa3. The third-order valence-electron chi connectivity index (χ3n) is 0. The van der Waals surface area contributed by atoms with Crippen molar-refractivity contribution in [3.8, 4) is 0 Å². The van der Waals surface area contributed by atoms with Crippen LogP contribution in [0.15, 0.2) is 0 Å². The van der Waals surface area contributed by atoms with E-state index in [1.54, 1.807) is 0 Å². The van der Waals surface area contributed by atoms with Gasteiger partial charge in [0.1, 0.15) is 0 Å². The molecule has 11 heteroatoms. The van der Waals surface area contributed by atoms with E-state index < -0.39 is -2.32 Å². The summed E-state index contributed by atoms with van der Waals surface area (Å²) >= 11 is 23.6. The minimum atomic E-state index is -4.03. The van der Waals surface area contributed by atoms with Crippen LogP contribution in [0.25, 0.3) is 0 Å². The van der Waals surface area contributed by atoms with Crippen molar-refractivity contribution >= 4 is 94.5 Å². The molecule has 0 spiro atoms. The Balaban J connectivity index is -0.0000000817. The maximum Gasteiger partial charge on any atom is 1.00 e. The van der Waals surface area contributed by atoms with Crippen molar-refractivity contribution in [1.29, 1.82) is 0 Å². The first kappa shape index (κ1) is 26.5. The van der Waals surface area contributed by atoms with Crippen molar-refractivity contribution in [2.24, 2.45) is 0 Å². The molecular weight excluding hydrogens is 821 g/mol. The summed E-state index contributed by atoms with van der Waals surface area (Å²) in [7, 11) is 0. The van der Waals surface area contributed by atoms with Gasteiger partial charge in [0.25, 0.3) is 0 Å². The second-order valence-corrected chi connectivity index (χ2v) is 221. The Morgan fingerprint density at radius 1 is 0.455 bits per heavy atom. The first-order valence-electron chi connectivity index (χ1n) is 0.882. The van der Waals surface area contributed by atoms with Crippen LogP contribution in [0.3, 0.4) is 0 Å². The van der Waals surface area contributed by atoms with Crippen molar-refractivity contribution in [2.75, 3.05) is 0 Å². The smallest absolute Gasteiger partial charge is 1.00 e. The second kappa shape index (κ2) is 5.56. The summed E-state index contributed by atoms with van der Waals surface area (Å²) in [4.78, 5) is 0. The topological polar surface area (TPSA) is 0 Å². The minimum Gasteiger partial charge on any atom is 1.00 e. The van der Waals surface area contributed by atoms with Crippen LogP contribution in [-0.2, 0) is -2.32 Å². The summed E-state index contributed by atoms with van der Waals surface area (Å²) in [5, 5.41) is 0. The van der Waals surface area contributed by atoms with Crippen molar-refractivity contribution in [1.82, 2.24) is 0 Å². The van der Waals surface area contributed by atoms with Gasteiger partial charge < -0.3 is 0 Å². The van der Waals surface area contributed by atoms with E-state index in [4.69, 9.17) is 0 Å². The molecule has 0 saturated carbocycles. The van der Waals surface area contributed by atoms with Crippen LogP contribution in [0, 0.1) is 0 Å². The molecule has 0 rings (SSSR count). The average molecular weight is 821 g/mol. The van der Waals surface area contributed by atoms with E-state index in [0.29, 0.717) is 0 Å². The van der Waals surface area contributed by atoms with Crippen molar-refractivity contribution in [3.05, 3.63) is 0 Å². The molecule has 0 radical (unpaired) electrons. The summed E-state index contributed by atoms with van der Waals surface area (Å²) in [6.45, 7) is 0. The third-order valence-corrected chi connectivity index (χ3v) is 0. The van der Waals surface area contributed by atoms with Gasteiger partial charge >= 0.3 is 181 Å². The Bertz CT molecular complexity index is 106. The summed E-state index contributed by atoms with van der Waals surface area (Å²) in [6, 6.07) is 0. The summed E-state index contributed by atoms with van der Waals surface area (Å²) in [5.41, 5.74) is 0. The summed E-state index contributed by atoms with van der Waals surface area (Å²) in [5.74, 6) is 0. The predicted molar refractivity (Wildman–Crippen MR) is 62.5 cm³/mol. The molecule has 0 bridgehead atoms. The second-order valence-electron chi connectivity index (χ2n) is 1.000. The molecule has 0 aromatic heterocycles. The molecule has 0 aliphatic rings. The van der Waals surface area contributed by atoms with Gasteiger partial charge in [0.2, 0.25) is 0 Å². The predicted octanol–water partition coefficient (Wildman–Crippen LogP) is -3.07. The van der Waals surface area contributed by atoms with Crippen molar-refractivity contribution in [2.45, 2.75) is 0 Å². The molecule has 0 heterocycles. The van der Waals surface area contributed by atoms with Gasteiger partial charge in [-0.05, 0) is 0 Å². The monoisotopic (exact) mass is 814 g/mol. The molecule has 61 valence electrons. The van der Waals surface area contributed by atoms with Crippen molar-refractivity contribution < 1.29 is 86.3 Å². The molecule has 0 aliphatic heterocycles. The van der Waals surface area contributed by atoms with E-state index in [2.05, 4.69) is 94.5 Å². The van der Waals surface area contributed by atoms with E-state index in [0.717, 1.165) is 0 Å². The number of hydrogen-bond donors (Lipinski definition) is 0. The number of hydrogen-bond acceptors (Lipinski definition) is 0. The molecule has 0 saturated heterocycles. The van der Waals surface area contributed by atoms with Crippen LogP contribution in [0.5, 0.6) is 0 Å². The van der Waals surface area contributed by atoms with Gasteiger partial charge in [-0.1, -0.05) is 0 Å². The average Bonchev–Trinajstić information content (AvgIpc) is 0.544. The molecule has 0 nitrogen and oxygen atoms in total. The Hall–Kier alpha value is 7.01. The van der Waals surface area contributed by atoms with Gasteiger partial charge in [-0.15, -0.1) is 0 Å². The Morgan fingerprint density at radius 3 is 0.455 bits per heavy atom. The fraction of sp³-hybridized carbons (Fsp3) is 0. The Labute approximate surface area is 175 Å². The third kappa shape index (κ3) is 78.0. The SMILES string of the molecule is [Br][Ir-3]([Br])([Br])([Br])([Br])([Br])[Br].[Na+].[Na+].[Na+]. The van der Waals surface area contributed by atoms with Crippen LogP contribution >= 0.6 is 94.5 Å². The van der Waals surface area contributed by atoms with Crippen LogP contribution in [0.4, 0.5) is 0 Å². The maximum atomic E-state index is 3.37. The van der Waals surface area contributed by atoms with Gasteiger partial charge in [0.15, 0.2) is 0 Å². The van der Waals surface area contributed by atoms with E-state index in [9.17, 15) is 0 Å². The molecule has 0 aromatic carbocycles. The van der Waals surface area contributed by atoms with Crippen LogP contribution in [0.2, 0.25) is 0 Å². The normalized spacial score (nSPS) is 19.7. The summed E-state index contributed by atoms with van der Waals surface area (Å²) < 4.78 is -4.03. The molecule has 0 N–H and O–H groups in total.